The van der Waals surface area contributed by atoms with Crippen LogP contribution in [0.4, 0.5) is 6.01 Å². The van der Waals surface area contributed by atoms with E-state index in [4.69, 9.17) is 4.42 Å². The molecule has 2 rings (SSSR count). The van der Waals surface area contributed by atoms with Crippen LogP contribution in [0.2, 0.25) is 0 Å². The zero-order chi connectivity index (χ0) is 14.8. The van der Waals surface area contributed by atoms with E-state index in [-0.39, 0.29) is 5.41 Å². The van der Waals surface area contributed by atoms with Gasteiger partial charge < -0.3 is 4.42 Å². The Hall–Kier alpha value is -1.62. The maximum Gasteiger partial charge on any atom is 0.343 e. The second-order valence-corrected chi connectivity index (χ2v) is 6.55. The first kappa shape index (κ1) is 14.8. The predicted molar refractivity (Wildman–Crippen MR) is 84.7 cm³/mol. The summed E-state index contributed by atoms with van der Waals surface area (Å²) in [7, 11) is 0. The first-order valence-corrected chi connectivity index (χ1v) is 7.66. The number of hydrogen-bond donors (Lipinski definition) is 0. The molecule has 0 aliphatic rings. The summed E-state index contributed by atoms with van der Waals surface area (Å²) in [4.78, 5) is 4.22. The van der Waals surface area contributed by atoms with Gasteiger partial charge in [0, 0.05) is 5.56 Å². The first-order chi connectivity index (χ1) is 9.40. The molecule has 0 spiro atoms. The van der Waals surface area contributed by atoms with Gasteiger partial charge in [0.2, 0.25) is 5.89 Å². The van der Waals surface area contributed by atoms with E-state index in [0.29, 0.717) is 11.9 Å². The van der Waals surface area contributed by atoms with Gasteiger partial charge in [-0.1, -0.05) is 38.0 Å². The van der Waals surface area contributed by atoms with Crippen LogP contribution in [0.5, 0.6) is 0 Å². The van der Waals surface area contributed by atoms with Crippen molar-refractivity contribution in [2.75, 3.05) is 6.26 Å². The van der Waals surface area contributed by atoms with E-state index in [9.17, 15) is 0 Å². The van der Waals surface area contributed by atoms with Crippen molar-refractivity contribution in [1.82, 2.24) is 10.2 Å². The Balaban J connectivity index is 2.25. The molecule has 20 heavy (non-hydrogen) atoms. The van der Waals surface area contributed by atoms with Crippen LogP contribution in [-0.2, 0) is 5.41 Å². The third kappa shape index (κ3) is 3.48. The van der Waals surface area contributed by atoms with Gasteiger partial charge >= 0.3 is 6.01 Å². The molecule has 0 saturated heterocycles. The highest BCUT2D eigenvalue weighted by Gasteiger charge is 2.14. The number of benzene rings is 1. The van der Waals surface area contributed by atoms with Gasteiger partial charge in [-0.2, -0.15) is 4.99 Å². The van der Waals surface area contributed by atoms with Crippen LogP contribution in [0.3, 0.4) is 0 Å². The van der Waals surface area contributed by atoms with Crippen molar-refractivity contribution in [3.63, 3.8) is 0 Å². The molecular formula is C15H19N3OS. The van der Waals surface area contributed by atoms with Gasteiger partial charge in [0.15, 0.2) is 0 Å². The summed E-state index contributed by atoms with van der Waals surface area (Å²) in [5, 5.41) is 8.86. The Labute approximate surface area is 123 Å². The number of aliphatic imine (C=N–C) groups is 1. The first-order valence-electron chi connectivity index (χ1n) is 6.44. The van der Waals surface area contributed by atoms with Crippen molar-refractivity contribution in [2.45, 2.75) is 33.1 Å². The summed E-state index contributed by atoms with van der Waals surface area (Å²) in [6.45, 7) is 8.47. The summed E-state index contributed by atoms with van der Waals surface area (Å²) in [5.41, 5.74) is 2.32. The quantitative estimate of drug-likeness (QED) is 0.605. The lowest BCUT2D eigenvalue weighted by atomic mass is 9.87. The molecule has 106 valence electrons. The third-order valence-electron chi connectivity index (χ3n) is 2.96. The van der Waals surface area contributed by atoms with Gasteiger partial charge in [0.25, 0.3) is 0 Å². The minimum atomic E-state index is 0.137. The van der Waals surface area contributed by atoms with Gasteiger partial charge in [-0.3, -0.25) is 0 Å². The SMILES string of the molecule is CSC(C)=Nc1nnc(-c2ccc(C(C)(C)C)cc2)o1. The van der Waals surface area contributed by atoms with E-state index in [1.807, 2.05) is 25.3 Å². The Morgan fingerprint density at radius 2 is 1.80 bits per heavy atom. The highest BCUT2D eigenvalue weighted by molar-refractivity contribution is 8.13. The van der Waals surface area contributed by atoms with Crippen LogP contribution < -0.4 is 0 Å². The Morgan fingerprint density at radius 1 is 1.15 bits per heavy atom. The maximum absolute atomic E-state index is 5.54. The Kier molecular flexibility index (Phi) is 4.28. The van der Waals surface area contributed by atoms with E-state index in [1.165, 1.54) is 5.56 Å². The van der Waals surface area contributed by atoms with E-state index in [2.05, 4.69) is 48.1 Å². The Bertz CT molecular complexity index is 609. The van der Waals surface area contributed by atoms with Crippen LogP contribution in [0.25, 0.3) is 11.5 Å². The second kappa shape index (κ2) is 5.79. The fraction of sp³-hybridized carbons (Fsp3) is 0.400. The lowest BCUT2D eigenvalue weighted by Crippen LogP contribution is -2.10. The van der Waals surface area contributed by atoms with Crippen LogP contribution in [-0.4, -0.2) is 21.5 Å². The van der Waals surface area contributed by atoms with Crippen molar-refractivity contribution in [3.8, 4) is 11.5 Å². The number of nitrogens with zero attached hydrogens (tertiary/aromatic N) is 3. The molecule has 5 heteroatoms. The van der Waals surface area contributed by atoms with E-state index in [0.717, 1.165) is 10.6 Å². The van der Waals surface area contributed by atoms with Crippen molar-refractivity contribution in [3.05, 3.63) is 29.8 Å². The van der Waals surface area contributed by atoms with E-state index >= 15 is 0 Å². The van der Waals surface area contributed by atoms with Gasteiger partial charge in [-0.05, 0) is 36.3 Å². The minimum absolute atomic E-state index is 0.137. The topological polar surface area (TPSA) is 51.3 Å². The molecule has 0 aliphatic carbocycles. The molecule has 0 bridgehead atoms. The molecule has 2 aromatic rings. The molecule has 0 fully saturated rings. The number of hydrogen-bond acceptors (Lipinski definition) is 5. The highest BCUT2D eigenvalue weighted by atomic mass is 32.2. The average Bonchev–Trinajstić information content (AvgIpc) is 2.86. The zero-order valence-corrected chi connectivity index (χ0v) is 13.3. The maximum atomic E-state index is 5.54. The number of thioether (sulfide) groups is 1. The average molecular weight is 289 g/mol. The highest BCUT2D eigenvalue weighted by Crippen LogP contribution is 2.26. The van der Waals surface area contributed by atoms with Crippen LogP contribution >= 0.6 is 11.8 Å². The summed E-state index contributed by atoms with van der Waals surface area (Å²) >= 11 is 1.55. The lowest BCUT2D eigenvalue weighted by Gasteiger charge is -2.18. The smallest absolute Gasteiger partial charge is 0.343 e. The van der Waals surface area contributed by atoms with Crippen LogP contribution in [0.1, 0.15) is 33.3 Å². The summed E-state index contributed by atoms with van der Waals surface area (Å²) in [5.74, 6) is 0.498. The molecule has 4 nitrogen and oxygen atoms in total. The summed E-state index contributed by atoms with van der Waals surface area (Å²) in [6, 6.07) is 8.49. The van der Waals surface area contributed by atoms with Gasteiger partial charge in [-0.25, -0.2) is 0 Å². The van der Waals surface area contributed by atoms with Crippen molar-refractivity contribution in [1.29, 1.82) is 0 Å². The summed E-state index contributed by atoms with van der Waals surface area (Å²) < 4.78 is 5.54. The zero-order valence-electron chi connectivity index (χ0n) is 12.5. The predicted octanol–water partition coefficient (Wildman–Crippen LogP) is 4.45. The van der Waals surface area contributed by atoms with Crippen LogP contribution in [0, 0.1) is 0 Å². The third-order valence-corrected chi connectivity index (χ3v) is 3.64. The van der Waals surface area contributed by atoms with Crippen LogP contribution in [0.15, 0.2) is 33.7 Å². The molecule has 0 aliphatic heterocycles. The van der Waals surface area contributed by atoms with E-state index in [1.54, 1.807) is 11.8 Å². The monoisotopic (exact) mass is 289 g/mol. The van der Waals surface area contributed by atoms with Gasteiger partial charge in [-0.15, -0.1) is 16.9 Å². The molecule has 1 heterocycles. The standard InChI is InChI=1S/C15H19N3OS/c1-10(20-5)16-14-18-17-13(19-14)11-6-8-12(9-7-11)15(2,3)4/h6-9H,1-5H3. The molecule has 0 atom stereocenters. The van der Waals surface area contributed by atoms with Crippen molar-refractivity contribution >= 4 is 22.8 Å². The molecule has 0 radical (unpaired) electrons. The number of aromatic nitrogens is 2. The fourth-order valence-electron chi connectivity index (χ4n) is 1.67. The second-order valence-electron chi connectivity index (χ2n) is 5.55. The number of rotatable bonds is 2. The summed E-state index contributed by atoms with van der Waals surface area (Å²) in [6.07, 6.45) is 1.96. The molecule has 0 unspecified atom stereocenters. The van der Waals surface area contributed by atoms with Crippen molar-refractivity contribution in [2.24, 2.45) is 4.99 Å². The molecule has 0 amide bonds. The Morgan fingerprint density at radius 3 is 2.35 bits per heavy atom. The molecule has 0 N–H and O–H groups in total. The normalized spacial score (nSPS) is 12.8. The minimum Gasteiger partial charge on any atom is -0.402 e. The molecule has 0 saturated carbocycles. The van der Waals surface area contributed by atoms with E-state index < -0.39 is 0 Å². The largest absolute Gasteiger partial charge is 0.402 e. The van der Waals surface area contributed by atoms with Gasteiger partial charge in [0.05, 0.1) is 5.04 Å². The van der Waals surface area contributed by atoms with Crippen molar-refractivity contribution < 1.29 is 4.42 Å². The fourth-order valence-corrected chi connectivity index (χ4v) is 1.84. The lowest BCUT2D eigenvalue weighted by molar-refractivity contribution is 0.578. The van der Waals surface area contributed by atoms with Gasteiger partial charge in [0.1, 0.15) is 0 Å². The molecular weight excluding hydrogens is 270 g/mol. The molecule has 1 aromatic heterocycles. The molecule has 1 aromatic carbocycles.